The van der Waals surface area contributed by atoms with Crippen LogP contribution in [0.1, 0.15) is 56.3 Å². The van der Waals surface area contributed by atoms with Crippen molar-refractivity contribution in [3.63, 3.8) is 0 Å². The lowest BCUT2D eigenvalue weighted by atomic mass is 10.0. The smallest absolute Gasteiger partial charge is 0.255 e. The van der Waals surface area contributed by atoms with Crippen LogP contribution in [0.4, 0.5) is 5.69 Å². The number of sulfonamides is 2. The Bertz CT molecular complexity index is 1230. The fraction of sp³-hybridized carbons (Fsp3) is 0.435. The zero-order valence-corrected chi connectivity index (χ0v) is 20.3. The van der Waals surface area contributed by atoms with E-state index in [-0.39, 0.29) is 33.5 Å². The number of anilines is 1. The van der Waals surface area contributed by atoms with Crippen molar-refractivity contribution in [2.45, 2.75) is 73.9 Å². The number of piperidine rings is 1. The van der Waals surface area contributed by atoms with Gasteiger partial charge in [0.1, 0.15) is 0 Å². The largest absolute Gasteiger partial charge is 0.322 e. The fourth-order valence-electron chi connectivity index (χ4n) is 4.20. The molecule has 1 saturated heterocycles. The highest BCUT2D eigenvalue weighted by Gasteiger charge is 2.35. The third-order valence-electron chi connectivity index (χ3n) is 6.11. The highest BCUT2D eigenvalue weighted by Crippen LogP contribution is 2.30. The molecule has 4 rings (SSSR count). The predicted molar refractivity (Wildman–Crippen MR) is 126 cm³/mol. The van der Waals surface area contributed by atoms with Gasteiger partial charge in [-0.1, -0.05) is 12.5 Å². The fourth-order valence-corrected chi connectivity index (χ4v) is 7.43. The van der Waals surface area contributed by atoms with E-state index in [0.29, 0.717) is 5.69 Å². The van der Waals surface area contributed by atoms with E-state index >= 15 is 0 Å². The molecule has 0 radical (unpaired) electrons. The van der Waals surface area contributed by atoms with Crippen molar-refractivity contribution >= 4 is 31.6 Å². The lowest BCUT2D eigenvalue weighted by Crippen LogP contribution is -2.47. The summed E-state index contributed by atoms with van der Waals surface area (Å²) in [6, 6.07) is 11.7. The van der Waals surface area contributed by atoms with E-state index in [2.05, 4.69) is 10.0 Å². The summed E-state index contributed by atoms with van der Waals surface area (Å²) in [5.74, 6) is -0.479. The normalized spacial score (nSPS) is 22.1. The molecule has 1 amide bonds. The van der Waals surface area contributed by atoms with Crippen LogP contribution in [0.2, 0.25) is 0 Å². The Hall–Kier alpha value is -2.27. The summed E-state index contributed by atoms with van der Waals surface area (Å²) in [6.45, 7) is 3.85. The second kappa shape index (κ2) is 9.17. The van der Waals surface area contributed by atoms with Gasteiger partial charge in [-0.15, -0.1) is 0 Å². The lowest BCUT2D eigenvalue weighted by molar-refractivity contribution is 0.102. The van der Waals surface area contributed by atoms with Crippen molar-refractivity contribution in [1.29, 1.82) is 0 Å². The third kappa shape index (κ3) is 5.29. The minimum absolute atomic E-state index is 0.0295. The van der Waals surface area contributed by atoms with Crippen molar-refractivity contribution in [3.05, 3.63) is 54.1 Å². The van der Waals surface area contributed by atoms with Crippen molar-refractivity contribution in [1.82, 2.24) is 9.03 Å². The molecule has 0 spiro atoms. The molecule has 178 valence electrons. The molecule has 0 bridgehead atoms. The van der Waals surface area contributed by atoms with Crippen LogP contribution in [0, 0.1) is 0 Å². The predicted octanol–water partition coefficient (Wildman–Crippen LogP) is 3.33. The minimum Gasteiger partial charge on any atom is -0.322 e. The summed E-state index contributed by atoms with van der Waals surface area (Å²) < 4.78 is 55.3. The number of hydrogen-bond acceptors (Lipinski definition) is 5. The Morgan fingerprint density at radius 2 is 1.52 bits per heavy atom. The Morgan fingerprint density at radius 3 is 2.12 bits per heavy atom. The minimum atomic E-state index is -3.67. The molecular weight excluding hydrogens is 462 g/mol. The van der Waals surface area contributed by atoms with Gasteiger partial charge in [0.25, 0.3) is 5.91 Å². The van der Waals surface area contributed by atoms with E-state index in [9.17, 15) is 21.6 Å². The molecule has 2 N–H and O–H groups in total. The van der Waals surface area contributed by atoms with Gasteiger partial charge in [0, 0.05) is 29.4 Å². The van der Waals surface area contributed by atoms with Gasteiger partial charge in [-0.3, -0.25) is 4.79 Å². The number of nitrogens with zero attached hydrogens (tertiary/aromatic N) is 1. The summed E-state index contributed by atoms with van der Waals surface area (Å²) in [5, 5.41) is 2.70. The van der Waals surface area contributed by atoms with E-state index in [4.69, 9.17) is 0 Å². The molecule has 2 unspecified atom stereocenters. The zero-order valence-electron chi connectivity index (χ0n) is 18.7. The summed E-state index contributed by atoms with van der Waals surface area (Å²) in [7, 11) is -7.31. The maximum absolute atomic E-state index is 13.2. The summed E-state index contributed by atoms with van der Waals surface area (Å²) >= 11 is 0. The number of carbonyl (C=O) groups excluding carboxylic acids is 1. The van der Waals surface area contributed by atoms with Crippen LogP contribution in [0.5, 0.6) is 0 Å². The van der Waals surface area contributed by atoms with Crippen LogP contribution in [0.25, 0.3) is 0 Å². The van der Waals surface area contributed by atoms with Crippen LogP contribution >= 0.6 is 0 Å². The second-order valence-electron chi connectivity index (χ2n) is 8.87. The first-order valence-electron chi connectivity index (χ1n) is 11.2. The van der Waals surface area contributed by atoms with Crippen molar-refractivity contribution in [3.8, 4) is 0 Å². The molecule has 2 fully saturated rings. The van der Waals surface area contributed by atoms with Crippen molar-refractivity contribution in [2.24, 2.45) is 0 Å². The topological polar surface area (TPSA) is 113 Å². The van der Waals surface area contributed by atoms with E-state index < -0.39 is 26.0 Å². The molecule has 8 nitrogen and oxygen atoms in total. The second-order valence-corrected chi connectivity index (χ2v) is 12.4. The van der Waals surface area contributed by atoms with E-state index in [0.717, 1.165) is 32.1 Å². The van der Waals surface area contributed by atoms with Crippen LogP contribution in [0.15, 0.2) is 58.3 Å². The molecule has 2 atom stereocenters. The van der Waals surface area contributed by atoms with Crippen LogP contribution < -0.4 is 10.0 Å². The van der Waals surface area contributed by atoms with Gasteiger partial charge < -0.3 is 5.32 Å². The van der Waals surface area contributed by atoms with Gasteiger partial charge >= 0.3 is 0 Å². The molecule has 10 heteroatoms. The number of rotatable bonds is 7. The maximum atomic E-state index is 13.2. The van der Waals surface area contributed by atoms with Crippen LogP contribution in [-0.2, 0) is 20.0 Å². The van der Waals surface area contributed by atoms with E-state index in [1.807, 2.05) is 13.8 Å². The number of amides is 1. The Labute approximate surface area is 195 Å². The number of hydrogen-bond donors (Lipinski definition) is 2. The van der Waals surface area contributed by atoms with Crippen molar-refractivity contribution in [2.75, 3.05) is 5.32 Å². The number of carbonyl (C=O) groups is 1. The first-order valence-corrected chi connectivity index (χ1v) is 14.1. The van der Waals surface area contributed by atoms with E-state index in [1.54, 1.807) is 16.4 Å². The highest BCUT2D eigenvalue weighted by molar-refractivity contribution is 7.89. The Kier molecular flexibility index (Phi) is 6.63. The van der Waals surface area contributed by atoms with Gasteiger partial charge in [-0.2, -0.15) is 4.31 Å². The maximum Gasteiger partial charge on any atom is 0.255 e. The Balaban J connectivity index is 1.48. The van der Waals surface area contributed by atoms with Gasteiger partial charge in [0.15, 0.2) is 0 Å². The number of benzene rings is 2. The van der Waals surface area contributed by atoms with Crippen LogP contribution in [0.3, 0.4) is 0 Å². The molecule has 1 aliphatic carbocycles. The molecule has 2 aliphatic rings. The molecule has 2 aromatic rings. The average Bonchev–Trinajstić information content (AvgIpc) is 3.57. The molecular formula is C23H29N3O5S2. The standard InChI is InChI=1S/C23H29N3O5S2/c1-16-5-3-6-17(2)26(16)33(30,31)21-13-11-19(12-14-21)24-23(27)18-7-4-8-22(15-18)32(28,29)25-20-9-10-20/h4,7-8,11-17,20,25H,3,5-6,9-10H2,1-2H3,(H,24,27). The SMILES string of the molecule is CC1CCCC(C)N1S(=O)(=O)c1ccc(NC(=O)c2cccc(S(=O)(=O)NC3CC3)c2)cc1. The van der Waals surface area contributed by atoms with Crippen LogP contribution in [-0.4, -0.2) is 45.2 Å². The molecule has 0 aromatic heterocycles. The molecule has 1 heterocycles. The molecule has 33 heavy (non-hydrogen) atoms. The monoisotopic (exact) mass is 491 g/mol. The Morgan fingerprint density at radius 1 is 0.879 bits per heavy atom. The van der Waals surface area contributed by atoms with Gasteiger partial charge in [-0.25, -0.2) is 21.6 Å². The van der Waals surface area contributed by atoms with Crippen molar-refractivity contribution < 1.29 is 21.6 Å². The van der Waals surface area contributed by atoms with Gasteiger partial charge in [0.2, 0.25) is 20.0 Å². The van der Waals surface area contributed by atoms with E-state index in [1.165, 1.54) is 36.4 Å². The third-order valence-corrected chi connectivity index (χ3v) is 9.77. The zero-order chi connectivity index (χ0) is 23.8. The lowest BCUT2D eigenvalue weighted by Gasteiger charge is -2.37. The van der Waals surface area contributed by atoms with Gasteiger partial charge in [0.05, 0.1) is 9.79 Å². The quantitative estimate of drug-likeness (QED) is 0.617. The average molecular weight is 492 g/mol. The molecule has 2 aromatic carbocycles. The summed E-state index contributed by atoms with van der Waals surface area (Å²) in [5.41, 5.74) is 0.615. The summed E-state index contributed by atoms with van der Waals surface area (Å²) in [4.78, 5) is 12.9. The molecule has 1 aliphatic heterocycles. The summed E-state index contributed by atoms with van der Waals surface area (Å²) in [6.07, 6.45) is 4.32. The number of nitrogens with one attached hydrogen (secondary N) is 2. The van der Waals surface area contributed by atoms with Gasteiger partial charge in [-0.05, 0) is 82.0 Å². The first-order chi connectivity index (χ1) is 15.6. The highest BCUT2D eigenvalue weighted by atomic mass is 32.2. The first kappa shape index (κ1) is 23.9. The molecule has 1 saturated carbocycles.